The van der Waals surface area contributed by atoms with Crippen LogP contribution in [0.1, 0.15) is 23.1 Å². The average molecular weight is 320 g/mol. The summed E-state index contributed by atoms with van der Waals surface area (Å²) < 4.78 is 1.61. The Kier molecular flexibility index (Phi) is 4.13. The van der Waals surface area contributed by atoms with Crippen molar-refractivity contribution in [2.45, 2.75) is 19.9 Å². The first-order chi connectivity index (χ1) is 10.6. The Morgan fingerprint density at radius 1 is 1.41 bits per heavy atom. The smallest absolute Gasteiger partial charge is 0.276 e. The van der Waals surface area contributed by atoms with Crippen LogP contribution in [-0.2, 0) is 0 Å². The Morgan fingerprint density at radius 3 is 2.91 bits per heavy atom. The molecule has 0 aliphatic carbocycles. The van der Waals surface area contributed by atoms with Gasteiger partial charge in [0.15, 0.2) is 5.69 Å². The van der Waals surface area contributed by atoms with E-state index in [1.807, 2.05) is 36.9 Å². The third kappa shape index (κ3) is 2.60. The lowest BCUT2D eigenvalue weighted by Crippen LogP contribution is -2.52. The van der Waals surface area contributed by atoms with Crippen molar-refractivity contribution in [3.63, 3.8) is 0 Å². The maximum absolute atomic E-state index is 12.7. The number of nitrogens with zero attached hydrogens (tertiary/aromatic N) is 4. The predicted octanol–water partition coefficient (Wildman–Crippen LogP) is 1.66. The molecule has 22 heavy (non-hydrogen) atoms. The number of hydrogen-bond donors (Lipinski definition) is 1. The van der Waals surface area contributed by atoms with E-state index in [1.54, 1.807) is 10.7 Å². The average Bonchev–Trinajstić information content (AvgIpc) is 2.89. The maximum atomic E-state index is 12.7. The first kappa shape index (κ1) is 15.0. The van der Waals surface area contributed by atoms with Gasteiger partial charge in [0.05, 0.1) is 16.4 Å². The summed E-state index contributed by atoms with van der Waals surface area (Å²) in [5.74, 6) is -0.0789. The summed E-state index contributed by atoms with van der Waals surface area (Å²) in [4.78, 5) is 14.5. The number of nitrogens with one attached hydrogen (secondary N) is 1. The molecule has 1 aromatic carbocycles. The zero-order valence-electron chi connectivity index (χ0n) is 12.6. The van der Waals surface area contributed by atoms with Gasteiger partial charge in [0, 0.05) is 25.7 Å². The lowest BCUT2D eigenvalue weighted by atomic mass is 10.2. The Bertz CT molecular complexity index is 699. The summed E-state index contributed by atoms with van der Waals surface area (Å²) in [6, 6.07) is 7.52. The van der Waals surface area contributed by atoms with E-state index in [4.69, 9.17) is 11.6 Å². The first-order valence-corrected chi connectivity index (χ1v) is 7.66. The molecule has 0 unspecified atom stereocenters. The molecule has 3 rings (SSSR count). The number of piperazine rings is 1. The molecular formula is C15H18ClN5O. The first-order valence-electron chi connectivity index (χ1n) is 7.28. The molecule has 1 aliphatic heterocycles. The third-order valence-corrected chi connectivity index (χ3v) is 4.26. The highest BCUT2D eigenvalue weighted by Gasteiger charge is 2.28. The van der Waals surface area contributed by atoms with Crippen molar-refractivity contribution < 1.29 is 4.79 Å². The van der Waals surface area contributed by atoms with E-state index in [-0.39, 0.29) is 11.9 Å². The van der Waals surface area contributed by atoms with E-state index >= 15 is 0 Å². The molecule has 1 fully saturated rings. The van der Waals surface area contributed by atoms with Crippen molar-refractivity contribution in [2.75, 3.05) is 19.6 Å². The number of rotatable bonds is 2. The van der Waals surface area contributed by atoms with Gasteiger partial charge in [0.25, 0.3) is 5.91 Å². The Morgan fingerprint density at radius 2 is 2.18 bits per heavy atom. The summed E-state index contributed by atoms with van der Waals surface area (Å²) in [5.41, 5.74) is 1.80. The Hall–Kier alpha value is -1.92. The third-order valence-electron chi connectivity index (χ3n) is 3.94. The summed E-state index contributed by atoms with van der Waals surface area (Å²) in [6.07, 6.45) is 0. The summed E-state index contributed by atoms with van der Waals surface area (Å²) in [7, 11) is 0. The van der Waals surface area contributed by atoms with Gasteiger partial charge in [-0.15, -0.1) is 5.10 Å². The second-order valence-electron chi connectivity index (χ2n) is 5.44. The fourth-order valence-corrected chi connectivity index (χ4v) is 2.87. The maximum Gasteiger partial charge on any atom is 0.276 e. The fraction of sp³-hybridized carbons (Fsp3) is 0.400. The van der Waals surface area contributed by atoms with Crippen LogP contribution in [0.3, 0.4) is 0 Å². The monoisotopic (exact) mass is 319 g/mol. The van der Waals surface area contributed by atoms with Gasteiger partial charge in [-0.25, -0.2) is 4.68 Å². The standard InChI is InChI=1S/C15H18ClN5O/c1-10-9-17-7-8-20(10)15(22)14-11(2)21(19-18-14)13-6-4-3-5-12(13)16/h3-6,10,17H,7-9H2,1-2H3/t10-/m0/s1. The van der Waals surface area contributed by atoms with Gasteiger partial charge >= 0.3 is 0 Å². The molecule has 2 aromatic rings. The zero-order chi connectivity index (χ0) is 15.7. The van der Waals surface area contributed by atoms with Gasteiger partial charge in [0.2, 0.25) is 0 Å². The van der Waals surface area contributed by atoms with Crippen LogP contribution in [0.5, 0.6) is 0 Å². The number of halogens is 1. The fourth-order valence-electron chi connectivity index (χ4n) is 2.66. The van der Waals surface area contributed by atoms with Crippen LogP contribution < -0.4 is 5.32 Å². The van der Waals surface area contributed by atoms with Crippen LogP contribution in [0, 0.1) is 6.92 Å². The Balaban J connectivity index is 1.94. The minimum atomic E-state index is -0.0789. The SMILES string of the molecule is Cc1c(C(=O)N2CCNC[C@@H]2C)nnn1-c1ccccc1Cl. The molecule has 116 valence electrons. The molecule has 0 saturated carbocycles. The largest absolute Gasteiger partial charge is 0.332 e. The number of carbonyl (C=O) groups excluding carboxylic acids is 1. The highest BCUT2D eigenvalue weighted by molar-refractivity contribution is 6.32. The number of para-hydroxylation sites is 1. The molecule has 1 aliphatic rings. The molecule has 2 heterocycles. The van der Waals surface area contributed by atoms with Gasteiger partial charge in [-0.1, -0.05) is 28.9 Å². The van der Waals surface area contributed by atoms with E-state index in [9.17, 15) is 4.79 Å². The minimum Gasteiger partial charge on any atom is -0.332 e. The quantitative estimate of drug-likeness (QED) is 0.914. The molecule has 1 saturated heterocycles. The number of amides is 1. The molecule has 7 heteroatoms. The van der Waals surface area contributed by atoms with Crippen molar-refractivity contribution in [1.29, 1.82) is 0 Å². The van der Waals surface area contributed by atoms with E-state index in [0.29, 0.717) is 23.0 Å². The lowest BCUT2D eigenvalue weighted by molar-refractivity contribution is 0.0649. The minimum absolute atomic E-state index is 0.0789. The highest BCUT2D eigenvalue weighted by atomic mass is 35.5. The van der Waals surface area contributed by atoms with Gasteiger partial charge in [-0.05, 0) is 26.0 Å². The second kappa shape index (κ2) is 6.06. The summed E-state index contributed by atoms with van der Waals surface area (Å²) in [5, 5.41) is 12.0. The van der Waals surface area contributed by atoms with Crippen molar-refractivity contribution in [3.8, 4) is 5.69 Å². The van der Waals surface area contributed by atoms with Gasteiger partial charge in [-0.3, -0.25) is 4.79 Å². The predicted molar refractivity (Wildman–Crippen MR) is 84.5 cm³/mol. The summed E-state index contributed by atoms with van der Waals surface area (Å²) in [6.45, 7) is 6.14. The van der Waals surface area contributed by atoms with E-state index in [0.717, 1.165) is 18.8 Å². The highest BCUT2D eigenvalue weighted by Crippen LogP contribution is 2.22. The molecule has 0 spiro atoms. The molecule has 0 radical (unpaired) electrons. The summed E-state index contributed by atoms with van der Waals surface area (Å²) >= 11 is 6.20. The van der Waals surface area contributed by atoms with Gasteiger partial charge in [0.1, 0.15) is 0 Å². The molecule has 0 bridgehead atoms. The molecule has 1 atom stereocenters. The van der Waals surface area contributed by atoms with Crippen molar-refractivity contribution >= 4 is 17.5 Å². The van der Waals surface area contributed by atoms with Gasteiger partial charge < -0.3 is 10.2 Å². The molecular weight excluding hydrogens is 302 g/mol. The Labute approximate surface area is 134 Å². The number of benzene rings is 1. The molecule has 6 nitrogen and oxygen atoms in total. The van der Waals surface area contributed by atoms with Crippen LogP contribution in [0.15, 0.2) is 24.3 Å². The van der Waals surface area contributed by atoms with Crippen molar-refractivity contribution in [2.24, 2.45) is 0 Å². The normalized spacial score (nSPS) is 18.5. The van der Waals surface area contributed by atoms with Crippen LogP contribution in [0.2, 0.25) is 5.02 Å². The molecule has 1 aromatic heterocycles. The topological polar surface area (TPSA) is 63.1 Å². The second-order valence-corrected chi connectivity index (χ2v) is 5.85. The lowest BCUT2D eigenvalue weighted by Gasteiger charge is -2.33. The number of hydrogen-bond acceptors (Lipinski definition) is 4. The zero-order valence-corrected chi connectivity index (χ0v) is 13.3. The van der Waals surface area contributed by atoms with E-state index < -0.39 is 0 Å². The van der Waals surface area contributed by atoms with E-state index in [2.05, 4.69) is 15.6 Å². The van der Waals surface area contributed by atoms with Crippen molar-refractivity contribution in [3.05, 3.63) is 40.7 Å². The van der Waals surface area contributed by atoms with Crippen LogP contribution in [0.25, 0.3) is 5.69 Å². The molecule has 1 N–H and O–H groups in total. The van der Waals surface area contributed by atoms with Crippen LogP contribution >= 0.6 is 11.6 Å². The van der Waals surface area contributed by atoms with Crippen molar-refractivity contribution in [1.82, 2.24) is 25.2 Å². The van der Waals surface area contributed by atoms with E-state index in [1.165, 1.54) is 0 Å². The van der Waals surface area contributed by atoms with Crippen LogP contribution in [-0.4, -0.2) is 51.5 Å². The van der Waals surface area contributed by atoms with Crippen LogP contribution in [0.4, 0.5) is 0 Å². The number of aromatic nitrogens is 3. The molecule has 1 amide bonds. The number of carbonyl (C=O) groups is 1. The van der Waals surface area contributed by atoms with Gasteiger partial charge in [-0.2, -0.15) is 0 Å².